The van der Waals surface area contributed by atoms with Gasteiger partial charge in [0.25, 0.3) is 0 Å². The maximum absolute atomic E-state index is 11.8. The number of hydrogen-bond acceptors (Lipinski definition) is 5. The van der Waals surface area contributed by atoms with Crippen LogP contribution in [-0.2, 0) is 19.1 Å². The fourth-order valence-electron chi connectivity index (χ4n) is 3.32. The number of carbonyl (C=O) groups excluding carboxylic acids is 2. The fraction of sp³-hybridized carbons (Fsp3) is 0.692. The maximum atomic E-state index is 11.8. The number of unbranched alkanes of at least 4 members (excludes halogenated alkanes) is 10. The molecule has 182 valence electrons. The highest BCUT2D eigenvalue weighted by Gasteiger charge is 2.07. The van der Waals surface area contributed by atoms with E-state index in [1.54, 1.807) is 0 Å². The number of halogens is 1. The minimum atomic E-state index is -0.317. The first-order chi connectivity index (χ1) is 15.6. The second-order valence-corrected chi connectivity index (χ2v) is 9.05. The summed E-state index contributed by atoms with van der Waals surface area (Å²) in [7, 11) is 0. The minimum absolute atomic E-state index is 0.193. The predicted octanol–water partition coefficient (Wildman–Crippen LogP) is 7.40. The Morgan fingerprint density at radius 3 is 1.72 bits per heavy atom. The van der Waals surface area contributed by atoms with E-state index in [2.05, 4.69) is 22.9 Å². The van der Waals surface area contributed by atoms with Gasteiger partial charge in [-0.1, -0.05) is 87.1 Å². The molecule has 0 bridgehead atoms. The Hall–Kier alpha value is -1.56. The second kappa shape index (κ2) is 20.1. The lowest BCUT2D eigenvalue weighted by atomic mass is 10.1. The van der Waals surface area contributed by atoms with Crippen molar-refractivity contribution in [2.45, 2.75) is 96.8 Å². The van der Waals surface area contributed by atoms with E-state index < -0.39 is 0 Å². The molecule has 0 atom stereocenters. The Balaban J connectivity index is 1.85. The van der Waals surface area contributed by atoms with Crippen LogP contribution in [0.2, 0.25) is 0 Å². The largest absolute Gasteiger partial charge is 0.490 e. The van der Waals surface area contributed by atoms with E-state index in [4.69, 9.17) is 14.2 Å². The summed E-state index contributed by atoms with van der Waals surface area (Å²) in [6.45, 7) is 3.22. The van der Waals surface area contributed by atoms with Crippen LogP contribution in [0.5, 0.6) is 5.75 Å². The van der Waals surface area contributed by atoms with Gasteiger partial charge < -0.3 is 14.2 Å². The SMILES string of the molecule is CCCCCCCCCCCCCOC(=O)CCCC(=O)OCCOc1ccc(Br)cc1. The zero-order chi connectivity index (χ0) is 23.3. The van der Waals surface area contributed by atoms with Crippen molar-refractivity contribution in [2.75, 3.05) is 19.8 Å². The van der Waals surface area contributed by atoms with Gasteiger partial charge in [-0.25, -0.2) is 0 Å². The van der Waals surface area contributed by atoms with E-state index in [-0.39, 0.29) is 31.4 Å². The van der Waals surface area contributed by atoms with E-state index in [1.807, 2.05) is 24.3 Å². The normalized spacial score (nSPS) is 10.7. The summed E-state index contributed by atoms with van der Waals surface area (Å²) in [6.07, 6.45) is 14.9. The summed E-state index contributed by atoms with van der Waals surface area (Å²) in [6, 6.07) is 7.46. The molecule has 0 spiro atoms. The van der Waals surface area contributed by atoms with Crippen LogP contribution in [0.1, 0.15) is 96.8 Å². The molecule has 0 fully saturated rings. The molecule has 0 N–H and O–H groups in total. The number of hydrogen-bond donors (Lipinski definition) is 0. The Kier molecular flexibility index (Phi) is 17.9. The van der Waals surface area contributed by atoms with Crippen molar-refractivity contribution < 1.29 is 23.8 Å². The van der Waals surface area contributed by atoms with E-state index in [9.17, 15) is 9.59 Å². The molecule has 0 aliphatic heterocycles. The fourth-order valence-corrected chi connectivity index (χ4v) is 3.58. The van der Waals surface area contributed by atoms with Gasteiger partial charge in [-0.2, -0.15) is 0 Å². The van der Waals surface area contributed by atoms with Crippen molar-refractivity contribution in [1.29, 1.82) is 0 Å². The zero-order valence-corrected chi connectivity index (χ0v) is 21.3. The predicted molar refractivity (Wildman–Crippen MR) is 132 cm³/mol. The molecule has 1 aromatic rings. The minimum Gasteiger partial charge on any atom is -0.490 e. The molecule has 32 heavy (non-hydrogen) atoms. The van der Waals surface area contributed by atoms with E-state index in [0.717, 1.165) is 23.1 Å². The van der Waals surface area contributed by atoms with Crippen LogP contribution in [0.15, 0.2) is 28.7 Å². The molecule has 0 radical (unpaired) electrons. The van der Waals surface area contributed by atoms with Gasteiger partial charge in [0.05, 0.1) is 6.61 Å². The topological polar surface area (TPSA) is 61.8 Å². The molecular formula is C26H41BrO5. The average Bonchev–Trinajstić information content (AvgIpc) is 2.78. The lowest BCUT2D eigenvalue weighted by Gasteiger charge is -2.08. The molecule has 0 aliphatic carbocycles. The quantitative estimate of drug-likeness (QED) is 0.134. The van der Waals surface area contributed by atoms with Crippen LogP contribution >= 0.6 is 15.9 Å². The molecule has 5 nitrogen and oxygen atoms in total. The third kappa shape index (κ3) is 17.0. The highest BCUT2D eigenvalue weighted by Crippen LogP contribution is 2.16. The standard InChI is InChI=1S/C26H41BrO5/c1-2-3-4-5-6-7-8-9-10-11-12-20-31-25(28)14-13-15-26(29)32-22-21-30-24-18-16-23(27)17-19-24/h16-19H,2-15,20-22H2,1H3. The Morgan fingerprint density at radius 1 is 0.656 bits per heavy atom. The number of rotatable bonds is 20. The number of benzene rings is 1. The smallest absolute Gasteiger partial charge is 0.305 e. The first kappa shape index (κ1) is 28.5. The molecule has 0 unspecified atom stereocenters. The van der Waals surface area contributed by atoms with E-state index in [1.165, 1.54) is 57.8 Å². The van der Waals surface area contributed by atoms with Gasteiger partial charge in [0.2, 0.25) is 0 Å². The van der Waals surface area contributed by atoms with Crippen molar-refractivity contribution in [1.82, 2.24) is 0 Å². The summed E-state index contributed by atoms with van der Waals surface area (Å²) in [5.74, 6) is 0.177. The Labute approximate surface area is 202 Å². The van der Waals surface area contributed by atoms with Gasteiger partial charge in [0.15, 0.2) is 0 Å². The molecule has 1 rings (SSSR count). The molecule has 1 aromatic carbocycles. The first-order valence-electron chi connectivity index (χ1n) is 12.3. The molecular weight excluding hydrogens is 472 g/mol. The molecule has 0 amide bonds. The van der Waals surface area contributed by atoms with Crippen molar-refractivity contribution in [3.8, 4) is 5.75 Å². The van der Waals surface area contributed by atoms with Crippen LogP contribution < -0.4 is 4.74 Å². The van der Waals surface area contributed by atoms with Crippen molar-refractivity contribution >= 4 is 27.9 Å². The van der Waals surface area contributed by atoms with Gasteiger partial charge in [-0.05, 0) is 37.1 Å². The number of ether oxygens (including phenoxy) is 3. The van der Waals surface area contributed by atoms with Crippen LogP contribution in [0.25, 0.3) is 0 Å². The van der Waals surface area contributed by atoms with E-state index in [0.29, 0.717) is 19.6 Å². The summed E-state index contributed by atoms with van der Waals surface area (Å²) in [4.78, 5) is 23.5. The molecule has 0 saturated carbocycles. The maximum Gasteiger partial charge on any atom is 0.305 e. The van der Waals surface area contributed by atoms with Crippen LogP contribution in [0, 0.1) is 0 Å². The average molecular weight is 514 g/mol. The molecule has 0 aromatic heterocycles. The van der Waals surface area contributed by atoms with Gasteiger partial charge >= 0.3 is 11.9 Å². The summed E-state index contributed by atoms with van der Waals surface area (Å²) >= 11 is 3.36. The number of carbonyl (C=O) groups is 2. The van der Waals surface area contributed by atoms with Gasteiger partial charge in [0.1, 0.15) is 19.0 Å². The second-order valence-electron chi connectivity index (χ2n) is 8.13. The van der Waals surface area contributed by atoms with Crippen LogP contribution in [-0.4, -0.2) is 31.8 Å². The van der Waals surface area contributed by atoms with Crippen LogP contribution in [0.4, 0.5) is 0 Å². The first-order valence-corrected chi connectivity index (χ1v) is 13.1. The summed E-state index contributed by atoms with van der Waals surface area (Å²) < 4.78 is 16.8. The third-order valence-electron chi connectivity index (χ3n) is 5.20. The summed E-state index contributed by atoms with van der Waals surface area (Å²) in [5.41, 5.74) is 0. The molecule has 0 aliphatic rings. The molecule has 6 heteroatoms. The highest BCUT2D eigenvalue weighted by atomic mass is 79.9. The highest BCUT2D eigenvalue weighted by molar-refractivity contribution is 9.10. The van der Waals surface area contributed by atoms with Gasteiger partial charge in [0, 0.05) is 17.3 Å². The zero-order valence-electron chi connectivity index (χ0n) is 19.7. The van der Waals surface area contributed by atoms with Crippen molar-refractivity contribution in [2.24, 2.45) is 0 Å². The van der Waals surface area contributed by atoms with Gasteiger partial charge in [-0.15, -0.1) is 0 Å². The third-order valence-corrected chi connectivity index (χ3v) is 5.73. The monoisotopic (exact) mass is 512 g/mol. The lowest BCUT2D eigenvalue weighted by Crippen LogP contribution is -2.13. The lowest BCUT2D eigenvalue weighted by molar-refractivity contribution is -0.146. The summed E-state index contributed by atoms with van der Waals surface area (Å²) in [5, 5.41) is 0. The number of esters is 2. The van der Waals surface area contributed by atoms with Gasteiger partial charge in [-0.3, -0.25) is 9.59 Å². The van der Waals surface area contributed by atoms with Crippen molar-refractivity contribution in [3.63, 3.8) is 0 Å². The Morgan fingerprint density at radius 2 is 1.16 bits per heavy atom. The van der Waals surface area contributed by atoms with E-state index >= 15 is 0 Å². The molecule has 0 heterocycles. The van der Waals surface area contributed by atoms with Crippen molar-refractivity contribution in [3.05, 3.63) is 28.7 Å². The Bertz CT molecular complexity index is 603. The molecule has 0 saturated heterocycles. The van der Waals surface area contributed by atoms with Crippen LogP contribution in [0.3, 0.4) is 0 Å².